The van der Waals surface area contributed by atoms with Gasteiger partial charge in [0.2, 0.25) is 0 Å². The minimum absolute atomic E-state index is 0.0691. The summed E-state index contributed by atoms with van der Waals surface area (Å²) in [6.45, 7) is 3.90. The number of Topliss-reactive ketones (excluding diaryl/α,β-unsaturated/α-hetero) is 1. The predicted octanol–water partition coefficient (Wildman–Crippen LogP) is 4.94. The fourth-order valence-electron chi connectivity index (χ4n) is 3.77. The third kappa shape index (κ3) is 3.70. The number of nitrogens with zero attached hydrogens (tertiary/aromatic N) is 1. The average molecular weight is 413 g/mol. The molecule has 1 amide bonds. The summed E-state index contributed by atoms with van der Waals surface area (Å²) >= 11 is 0. The van der Waals surface area contributed by atoms with Crippen molar-refractivity contribution in [3.05, 3.63) is 101 Å². The number of benzene rings is 3. The molecule has 0 spiro atoms. The van der Waals surface area contributed by atoms with Crippen LogP contribution in [-0.4, -0.2) is 23.9 Å². The molecule has 0 bridgehead atoms. The molecular formula is C26H23NO4. The van der Waals surface area contributed by atoms with Crippen molar-refractivity contribution >= 4 is 23.1 Å². The van der Waals surface area contributed by atoms with Crippen LogP contribution in [0.4, 0.5) is 5.69 Å². The first-order valence-corrected chi connectivity index (χ1v) is 9.99. The number of rotatable bonds is 4. The van der Waals surface area contributed by atoms with E-state index in [0.717, 1.165) is 11.1 Å². The second-order valence-corrected chi connectivity index (χ2v) is 7.64. The molecule has 3 aromatic carbocycles. The molecule has 5 heteroatoms. The molecule has 156 valence electrons. The molecule has 1 unspecified atom stereocenters. The van der Waals surface area contributed by atoms with Gasteiger partial charge in [-0.2, -0.15) is 0 Å². The Bertz CT molecular complexity index is 1160. The van der Waals surface area contributed by atoms with E-state index >= 15 is 0 Å². The smallest absolute Gasteiger partial charge is 0.300 e. The SMILES string of the molecule is COc1ccc(C2C(=C(O)c3ccc(C)cc3)C(=O)C(=O)N2c2ccc(C)cc2)cc1. The molecule has 1 heterocycles. The number of ether oxygens (including phenoxy) is 1. The van der Waals surface area contributed by atoms with E-state index in [1.807, 2.05) is 50.2 Å². The van der Waals surface area contributed by atoms with Crippen LogP contribution in [0.15, 0.2) is 78.4 Å². The minimum Gasteiger partial charge on any atom is -0.507 e. The van der Waals surface area contributed by atoms with Gasteiger partial charge in [0.25, 0.3) is 11.7 Å². The molecule has 1 aliphatic rings. The van der Waals surface area contributed by atoms with Crippen molar-refractivity contribution in [2.75, 3.05) is 12.0 Å². The van der Waals surface area contributed by atoms with Crippen LogP contribution in [0.5, 0.6) is 5.75 Å². The number of aliphatic hydroxyl groups excluding tert-OH is 1. The minimum atomic E-state index is -0.755. The summed E-state index contributed by atoms with van der Waals surface area (Å²) in [5.74, 6) is -0.902. The first-order chi connectivity index (χ1) is 14.9. The quantitative estimate of drug-likeness (QED) is 0.374. The molecule has 1 fully saturated rings. The second-order valence-electron chi connectivity index (χ2n) is 7.64. The van der Waals surface area contributed by atoms with E-state index in [1.54, 1.807) is 43.5 Å². The highest BCUT2D eigenvalue weighted by Gasteiger charge is 2.46. The zero-order valence-electron chi connectivity index (χ0n) is 17.6. The maximum atomic E-state index is 13.1. The zero-order valence-corrected chi connectivity index (χ0v) is 17.6. The Morgan fingerprint density at radius 3 is 1.94 bits per heavy atom. The normalized spacial score (nSPS) is 17.8. The van der Waals surface area contributed by atoms with Crippen molar-refractivity contribution in [2.45, 2.75) is 19.9 Å². The lowest BCUT2D eigenvalue weighted by molar-refractivity contribution is -0.132. The molecule has 1 saturated heterocycles. The number of aliphatic hydroxyl groups is 1. The van der Waals surface area contributed by atoms with E-state index < -0.39 is 17.7 Å². The van der Waals surface area contributed by atoms with E-state index in [-0.39, 0.29) is 11.3 Å². The van der Waals surface area contributed by atoms with Crippen LogP contribution in [0.1, 0.15) is 28.3 Å². The number of ketones is 1. The maximum absolute atomic E-state index is 13.1. The molecule has 1 atom stereocenters. The van der Waals surface area contributed by atoms with Crippen molar-refractivity contribution in [2.24, 2.45) is 0 Å². The topological polar surface area (TPSA) is 66.8 Å². The van der Waals surface area contributed by atoms with Crippen LogP contribution in [0.3, 0.4) is 0 Å². The Hall–Kier alpha value is -3.86. The second kappa shape index (κ2) is 8.11. The third-order valence-electron chi connectivity index (χ3n) is 5.51. The van der Waals surface area contributed by atoms with Gasteiger partial charge in [0, 0.05) is 11.3 Å². The summed E-state index contributed by atoms with van der Waals surface area (Å²) in [6, 6.07) is 21.0. The first-order valence-electron chi connectivity index (χ1n) is 9.99. The van der Waals surface area contributed by atoms with Crippen molar-refractivity contribution < 1.29 is 19.4 Å². The Morgan fingerprint density at radius 2 is 1.39 bits per heavy atom. The molecule has 0 radical (unpaired) electrons. The van der Waals surface area contributed by atoms with Gasteiger partial charge in [0.1, 0.15) is 11.5 Å². The molecular weight excluding hydrogens is 390 g/mol. The van der Waals surface area contributed by atoms with Crippen LogP contribution < -0.4 is 9.64 Å². The standard InChI is InChI=1S/C26H23NO4/c1-16-4-8-19(9-5-16)24(28)22-23(18-10-14-21(31-3)15-11-18)27(26(30)25(22)29)20-12-6-17(2)7-13-20/h4-15,23,28H,1-3H3. The number of anilines is 1. The highest BCUT2D eigenvalue weighted by molar-refractivity contribution is 6.51. The number of aryl methyl sites for hydroxylation is 2. The monoisotopic (exact) mass is 413 g/mol. The maximum Gasteiger partial charge on any atom is 0.300 e. The summed E-state index contributed by atoms with van der Waals surface area (Å²) in [7, 11) is 1.57. The summed E-state index contributed by atoms with van der Waals surface area (Å²) < 4.78 is 5.24. The number of carbonyl (C=O) groups excluding carboxylic acids is 2. The lowest BCUT2D eigenvalue weighted by Crippen LogP contribution is -2.29. The highest BCUT2D eigenvalue weighted by Crippen LogP contribution is 2.42. The number of amides is 1. The Morgan fingerprint density at radius 1 is 0.839 bits per heavy atom. The van der Waals surface area contributed by atoms with Crippen molar-refractivity contribution in [3.63, 3.8) is 0 Å². The Labute approximate surface area is 181 Å². The molecule has 4 rings (SSSR count). The molecule has 1 N–H and O–H groups in total. The van der Waals surface area contributed by atoms with Gasteiger partial charge >= 0.3 is 0 Å². The largest absolute Gasteiger partial charge is 0.507 e. The van der Waals surface area contributed by atoms with Gasteiger partial charge in [-0.3, -0.25) is 14.5 Å². The van der Waals surface area contributed by atoms with Gasteiger partial charge in [-0.25, -0.2) is 0 Å². The summed E-state index contributed by atoms with van der Waals surface area (Å²) in [5, 5.41) is 11.1. The number of hydrogen-bond donors (Lipinski definition) is 1. The van der Waals surface area contributed by atoms with Crippen LogP contribution in [0, 0.1) is 13.8 Å². The fourth-order valence-corrected chi connectivity index (χ4v) is 3.77. The van der Waals surface area contributed by atoms with Gasteiger partial charge in [0.15, 0.2) is 0 Å². The number of hydrogen-bond acceptors (Lipinski definition) is 4. The van der Waals surface area contributed by atoms with E-state index in [0.29, 0.717) is 22.6 Å². The molecule has 3 aromatic rings. The molecule has 5 nitrogen and oxygen atoms in total. The van der Waals surface area contributed by atoms with Gasteiger partial charge in [-0.1, -0.05) is 59.7 Å². The van der Waals surface area contributed by atoms with Crippen molar-refractivity contribution in [1.82, 2.24) is 0 Å². The molecule has 1 aliphatic heterocycles. The highest BCUT2D eigenvalue weighted by atomic mass is 16.5. The summed E-state index contributed by atoms with van der Waals surface area (Å²) in [4.78, 5) is 27.7. The van der Waals surface area contributed by atoms with Gasteiger partial charge < -0.3 is 9.84 Å². The van der Waals surface area contributed by atoms with Crippen LogP contribution in [-0.2, 0) is 9.59 Å². The lowest BCUT2D eigenvalue weighted by atomic mass is 9.95. The van der Waals surface area contributed by atoms with E-state index in [4.69, 9.17) is 4.74 Å². The molecule has 0 aromatic heterocycles. The first kappa shape index (κ1) is 20.4. The van der Waals surface area contributed by atoms with Crippen LogP contribution >= 0.6 is 0 Å². The molecule has 0 aliphatic carbocycles. The van der Waals surface area contributed by atoms with Gasteiger partial charge in [-0.15, -0.1) is 0 Å². The zero-order chi connectivity index (χ0) is 22.1. The number of carbonyl (C=O) groups is 2. The summed E-state index contributed by atoms with van der Waals surface area (Å²) in [6.07, 6.45) is 0. The summed E-state index contributed by atoms with van der Waals surface area (Å²) in [5.41, 5.74) is 3.93. The van der Waals surface area contributed by atoms with Crippen LogP contribution in [0.2, 0.25) is 0 Å². The lowest BCUT2D eigenvalue weighted by Gasteiger charge is -2.25. The average Bonchev–Trinajstić information content (AvgIpc) is 3.05. The van der Waals surface area contributed by atoms with Crippen molar-refractivity contribution in [1.29, 1.82) is 0 Å². The van der Waals surface area contributed by atoms with E-state index in [2.05, 4.69) is 0 Å². The predicted molar refractivity (Wildman–Crippen MR) is 120 cm³/mol. The fraction of sp³-hybridized carbons (Fsp3) is 0.154. The van der Waals surface area contributed by atoms with Crippen molar-refractivity contribution in [3.8, 4) is 5.75 Å². The number of methoxy groups -OCH3 is 1. The molecule has 0 saturated carbocycles. The third-order valence-corrected chi connectivity index (χ3v) is 5.51. The van der Waals surface area contributed by atoms with Crippen LogP contribution in [0.25, 0.3) is 5.76 Å². The van der Waals surface area contributed by atoms with Gasteiger partial charge in [-0.05, 0) is 43.7 Å². The van der Waals surface area contributed by atoms with Gasteiger partial charge in [0.05, 0.1) is 18.7 Å². The Balaban J connectivity index is 1.92. The van der Waals surface area contributed by atoms with E-state index in [9.17, 15) is 14.7 Å². The molecule has 31 heavy (non-hydrogen) atoms. The van der Waals surface area contributed by atoms with E-state index in [1.165, 1.54) is 4.90 Å². The Kier molecular flexibility index (Phi) is 5.34.